The third kappa shape index (κ3) is 2.68. The van der Waals surface area contributed by atoms with Gasteiger partial charge in [0.05, 0.1) is 19.4 Å². The first kappa shape index (κ1) is 11.9. The van der Waals surface area contributed by atoms with Crippen molar-refractivity contribution in [2.24, 2.45) is 0 Å². The lowest BCUT2D eigenvalue weighted by Gasteiger charge is -2.15. The van der Waals surface area contributed by atoms with Crippen molar-refractivity contribution in [2.75, 3.05) is 19.0 Å². The summed E-state index contributed by atoms with van der Waals surface area (Å²) in [5, 5.41) is 20.4. The zero-order valence-corrected chi connectivity index (χ0v) is 8.67. The predicted octanol–water partition coefficient (Wildman–Crippen LogP) is -0.101. The maximum Gasteiger partial charge on any atom is 0.330 e. The highest BCUT2D eigenvalue weighted by molar-refractivity contribution is 5.79. The van der Waals surface area contributed by atoms with Gasteiger partial charge in [-0.25, -0.2) is 9.78 Å². The van der Waals surface area contributed by atoms with Crippen LogP contribution in [-0.2, 0) is 9.53 Å². The average Bonchev–Trinajstić information content (AvgIpc) is 2.35. The van der Waals surface area contributed by atoms with Gasteiger partial charge in [0.15, 0.2) is 5.69 Å². The summed E-state index contributed by atoms with van der Waals surface area (Å²) in [6.07, 6.45) is 1.47. The molecule has 0 aliphatic heterocycles. The van der Waals surface area contributed by atoms with Gasteiger partial charge in [0.1, 0.15) is 12.1 Å². The number of carbonyl (C=O) groups excluding carboxylic acids is 1. The molecule has 2 N–H and O–H groups in total. The van der Waals surface area contributed by atoms with Crippen LogP contribution in [0.15, 0.2) is 18.3 Å². The lowest BCUT2D eigenvalue weighted by molar-refractivity contribution is -0.142. The van der Waals surface area contributed by atoms with Gasteiger partial charge in [-0.15, -0.1) is 0 Å². The number of pyridine rings is 1. The zero-order chi connectivity index (χ0) is 12.0. The highest BCUT2D eigenvalue weighted by Gasteiger charge is 2.18. The van der Waals surface area contributed by atoms with Crippen molar-refractivity contribution >= 4 is 11.7 Å². The number of hydrogen-bond donors (Lipinski definition) is 2. The molecular weight excluding hydrogens is 210 g/mol. The third-order valence-electron chi connectivity index (χ3n) is 1.91. The number of aromatic nitrogens is 1. The summed E-state index contributed by atoms with van der Waals surface area (Å²) in [5.74, 6) is -0.602. The fourth-order valence-corrected chi connectivity index (χ4v) is 1.12. The van der Waals surface area contributed by atoms with Gasteiger partial charge in [0.25, 0.3) is 0 Å². The molecule has 0 aliphatic rings. The second-order valence-electron chi connectivity index (χ2n) is 2.91. The lowest BCUT2D eigenvalue weighted by atomic mass is 10.2. The maximum atomic E-state index is 11.2. The van der Waals surface area contributed by atoms with Crippen LogP contribution in [0.1, 0.15) is 5.69 Å². The number of nitriles is 1. The second-order valence-corrected chi connectivity index (χ2v) is 2.91. The molecule has 1 unspecified atom stereocenters. The molecule has 0 aliphatic carbocycles. The van der Waals surface area contributed by atoms with Gasteiger partial charge in [-0.3, -0.25) is 0 Å². The van der Waals surface area contributed by atoms with E-state index < -0.39 is 18.6 Å². The summed E-state index contributed by atoms with van der Waals surface area (Å²) >= 11 is 0. The molecule has 1 aromatic rings. The second kappa shape index (κ2) is 5.68. The Balaban J connectivity index is 2.86. The Hall–Kier alpha value is -2.13. The topological polar surface area (TPSA) is 95.2 Å². The molecule has 0 aromatic carbocycles. The van der Waals surface area contributed by atoms with Crippen LogP contribution in [0.4, 0.5) is 5.69 Å². The Morgan fingerprint density at radius 1 is 1.81 bits per heavy atom. The number of rotatable bonds is 4. The molecule has 0 saturated carbocycles. The van der Waals surface area contributed by atoms with E-state index in [0.29, 0.717) is 5.69 Å². The van der Waals surface area contributed by atoms with E-state index in [1.54, 1.807) is 12.1 Å². The Kier molecular flexibility index (Phi) is 4.24. The molecular formula is C10H11N3O3. The van der Waals surface area contributed by atoms with Crippen LogP contribution >= 0.6 is 0 Å². The summed E-state index contributed by atoms with van der Waals surface area (Å²) < 4.78 is 4.48. The molecule has 0 spiro atoms. The Morgan fingerprint density at radius 3 is 3.12 bits per heavy atom. The van der Waals surface area contributed by atoms with Crippen LogP contribution in [0.25, 0.3) is 0 Å². The van der Waals surface area contributed by atoms with Crippen LogP contribution in [0.5, 0.6) is 0 Å². The molecule has 0 fully saturated rings. The van der Waals surface area contributed by atoms with Gasteiger partial charge >= 0.3 is 5.97 Å². The fourth-order valence-electron chi connectivity index (χ4n) is 1.12. The van der Waals surface area contributed by atoms with E-state index in [-0.39, 0.29) is 5.69 Å². The fraction of sp³-hybridized carbons (Fsp3) is 0.300. The van der Waals surface area contributed by atoms with Crippen molar-refractivity contribution in [1.29, 1.82) is 5.26 Å². The highest BCUT2D eigenvalue weighted by atomic mass is 16.5. The number of nitrogens with zero attached hydrogens (tertiary/aromatic N) is 2. The minimum absolute atomic E-state index is 0.157. The van der Waals surface area contributed by atoms with Gasteiger partial charge < -0.3 is 15.2 Å². The number of hydrogen-bond acceptors (Lipinski definition) is 6. The number of esters is 1. The summed E-state index contributed by atoms with van der Waals surface area (Å²) in [4.78, 5) is 15.0. The van der Waals surface area contributed by atoms with E-state index in [1.165, 1.54) is 13.3 Å². The normalized spacial score (nSPS) is 11.3. The number of methoxy groups -OCH3 is 1. The average molecular weight is 221 g/mol. The van der Waals surface area contributed by atoms with E-state index in [0.717, 1.165) is 0 Å². The predicted molar refractivity (Wildman–Crippen MR) is 55.5 cm³/mol. The van der Waals surface area contributed by atoms with Crippen molar-refractivity contribution in [2.45, 2.75) is 6.04 Å². The third-order valence-corrected chi connectivity index (χ3v) is 1.91. The van der Waals surface area contributed by atoms with Gasteiger partial charge in [-0.2, -0.15) is 5.26 Å². The van der Waals surface area contributed by atoms with E-state index >= 15 is 0 Å². The summed E-state index contributed by atoms with van der Waals surface area (Å²) in [6.45, 7) is -0.424. The van der Waals surface area contributed by atoms with Crippen LogP contribution < -0.4 is 5.32 Å². The van der Waals surface area contributed by atoms with Crippen LogP contribution in [0.2, 0.25) is 0 Å². The van der Waals surface area contributed by atoms with Crippen molar-refractivity contribution in [3.63, 3.8) is 0 Å². The number of aliphatic hydroxyl groups is 1. The van der Waals surface area contributed by atoms with Gasteiger partial charge in [0, 0.05) is 6.20 Å². The molecule has 0 radical (unpaired) electrons. The number of anilines is 1. The van der Waals surface area contributed by atoms with Crippen molar-refractivity contribution in [3.05, 3.63) is 24.0 Å². The standard InChI is InChI=1S/C10H11N3O3/c1-16-10(15)9(6-14)13-7-3-2-4-12-8(7)5-11/h2-4,9,13-14H,6H2,1H3. The number of nitrogens with one attached hydrogen (secondary N) is 1. The molecule has 1 atom stereocenters. The quantitative estimate of drug-likeness (QED) is 0.689. The van der Waals surface area contributed by atoms with Crippen LogP contribution in [0.3, 0.4) is 0 Å². The number of aliphatic hydroxyl groups excluding tert-OH is 1. The molecule has 6 nitrogen and oxygen atoms in total. The number of ether oxygens (including phenoxy) is 1. The highest BCUT2D eigenvalue weighted by Crippen LogP contribution is 2.12. The Bertz CT molecular complexity index is 414. The Morgan fingerprint density at radius 2 is 2.56 bits per heavy atom. The van der Waals surface area contributed by atoms with Crippen molar-refractivity contribution in [3.8, 4) is 6.07 Å². The zero-order valence-electron chi connectivity index (χ0n) is 8.67. The van der Waals surface area contributed by atoms with E-state index in [4.69, 9.17) is 10.4 Å². The first-order valence-corrected chi connectivity index (χ1v) is 4.53. The van der Waals surface area contributed by atoms with Crippen LogP contribution in [0, 0.1) is 11.3 Å². The van der Waals surface area contributed by atoms with Gasteiger partial charge in [-0.05, 0) is 12.1 Å². The van der Waals surface area contributed by atoms with E-state index in [2.05, 4.69) is 15.0 Å². The van der Waals surface area contributed by atoms with Crippen LogP contribution in [-0.4, -0.2) is 35.8 Å². The van der Waals surface area contributed by atoms with E-state index in [9.17, 15) is 4.79 Å². The smallest absolute Gasteiger partial charge is 0.330 e. The molecule has 0 bridgehead atoms. The molecule has 6 heteroatoms. The van der Waals surface area contributed by atoms with Crippen molar-refractivity contribution in [1.82, 2.24) is 4.98 Å². The minimum Gasteiger partial charge on any atom is -0.467 e. The Labute approximate surface area is 92.5 Å². The monoisotopic (exact) mass is 221 g/mol. The first-order chi connectivity index (χ1) is 7.72. The molecule has 1 rings (SSSR count). The SMILES string of the molecule is COC(=O)C(CO)Nc1cccnc1C#N. The van der Waals surface area contributed by atoms with Crippen molar-refractivity contribution < 1.29 is 14.6 Å². The molecule has 1 heterocycles. The molecule has 1 aromatic heterocycles. The molecule has 0 amide bonds. The summed E-state index contributed by atoms with van der Waals surface area (Å²) in [5.41, 5.74) is 0.541. The summed E-state index contributed by atoms with van der Waals surface area (Å²) in [6, 6.07) is 4.19. The van der Waals surface area contributed by atoms with Gasteiger partial charge in [0.2, 0.25) is 0 Å². The molecule has 0 saturated heterocycles. The summed E-state index contributed by atoms with van der Waals surface area (Å²) in [7, 11) is 1.22. The molecule has 84 valence electrons. The lowest BCUT2D eigenvalue weighted by Crippen LogP contribution is -2.34. The maximum absolute atomic E-state index is 11.2. The number of carbonyl (C=O) groups is 1. The largest absolute Gasteiger partial charge is 0.467 e. The first-order valence-electron chi connectivity index (χ1n) is 4.53. The van der Waals surface area contributed by atoms with Gasteiger partial charge in [-0.1, -0.05) is 0 Å². The van der Waals surface area contributed by atoms with E-state index in [1.807, 2.05) is 6.07 Å². The minimum atomic E-state index is -0.902. The molecule has 16 heavy (non-hydrogen) atoms.